The van der Waals surface area contributed by atoms with Gasteiger partial charge in [0.1, 0.15) is 23.1 Å². The number of amides is 2. The average Bonchev–Trinajstić information content (AvgIpc) is 3.64. The fraction of sp³-hybridized carbons (Fsp3) is 0.250. The summed E-state index contributed by atoms with van der Waals surface area (Å²) in [5, 5.41) is 2.55. The minimum atomic E-state index is -0.882. The van der Waals surface area contributed by atoms with Gasteiger partial charge in [-0.3, -0.25) is 19.4 Å². The van der Waals surface area contributed by atoms with Gasteiger partial charge in [-0.05, 0) is 17.2 Å². The van der Waals surface area contributed by atoms with E-state index in [4.69, 9.17) is 28.0 Å². The molecule has 0 aliphatic carbocycles. The summed E-state index contributed by atoms with van der Waals surface area (Å²) in [6.45, 7) is 1.81. The van der Waals surface area contributed by atoms with Crippen LogP contribution in [0.1, 0.15) is 17.5 Å². The maximum atomic E-state index is 14.1. The summed E-state index contributed by atoms with van der Waals surface area (Å²) in [6.07, 6.45) is 3.84. The third kappa shape index (κ3) is 5.60. The first kappa shape index (κ1) is 28.9. The van der Waals surface area contributed by atoms with Gasteiger partial charge in [0, 0.05) is 87.9 Å². The Labute approximate surface area is 245 Å². The molecular weight excluding hydrogens is 570 g/mol. The smallest absolute Gasteiger partial charge is 0.221 e. The lowest BCUT2D eigenvalue weighted by molar-refractivity contribution is -0.120. The number of rotatable bonds is 9. The number of allylic oxidation sites excluding steroid dienone is 1. The largest absolute Gasteiger partial charge is 0.434 e. The number of imidazole rings is 1. The van der Waals surface area contributed by atoms with Crippen molar-refractivity contribution in [3.8, 4) is 17.1 Å². The van der Waals surface area contributed by atoms with Crippen molar-refractivity contribution in [2.75, 3.05) is 29.5 Å². The fourth-order valence-electron chi connectivity index (χ4n) is 4.92. The van der Waals surface area contributed by atoms with Crippen molar-refractivity contribution in [1.29, 1.82) is 0 Å². The van der Waals surface area contributed by atoms with Crippen LogP contribution in [0.2, 0.25) is 0 Å². The number of halogens is 3. The molecule has 0 spiro atoms. The molecule has 0 fully saturated rings. The average molecular weight is 599 g/mol. The normalized spacial score (nSPS) is 15.7. The standard InChI is InChI=1S/C28H29ClF2N8O3/c1-34-24(41)5-6-38(15-40)25-11-35-28(36(25)2)16-3-4-17-12-37(13-18(17)7-16)14-22(33)21(32)10-26-39(29)23-9-19(30)8-20(31)27(23)42-26/h3-4,7-11,15H,5-6,12-14,32-33H2,1-2H3,(H,34,41)/b22-21+,26-10+. The molecule has 0 unspecified atom stereocenters. The van der Waals surface area contributed by atoms with Crippen molar-refractivity contribution in [2.45, 2.75) is 19.5 Å². The van der Waals surface area contributed by atoms with Gasteiger partial charge < -0.3 is 26.1 Å². The first-order valence-electron chi connectivity index (χ1n) is 13.0. The second-order valence-electron chi connectivity index (χ2n) is 9.93. The van der Waals surface area contributed by atoms with Crippen LogP contribution in [-0.4, -0.2) is 46.9 Å². The molecule has 2 aliphatic heterocycles. The van der Waals surface area contributed by atoms with E-state index in [-0.39, 0.29) is 41.9 Å². The van der Waals surface area contributed by atoms with Gasteiger partial charge in [0.25, 0.3) is 0 Å². The lowest BCUT2D eigenvalue weighted by atomic mass is 10.1. The second-order valence-corrected chi connectivity index (χ2v) is 10.3. The Morgan fingerprint density at radius 2 is 1.98 bits per heavy atom. The molecule has 14 heteroatoms. The Morgan fingerprint density at radius 3 is 2.71 bits per heavy atom. The molecule has 0 bridgehead atoms. The van der Waals surface area contributed by atoms with Crippen LogP contribution in [0.3, 0.4) is 0 Å². The van der Waals surface area contributed by atoms with E-state index in [1.165, 1.54) is 11.0 Å². The number of nitrogens with one attached hydrogen (secondary N) is 1. The quantitative estimate of drug-likeness (QED) is 0.253. The van der Waals surface area contributed by atoms with Crippen LogP contribution in [0.4, 0.5) is 20.3 Å². The lowest BCUT2D eigenvalue weighted by Gasteiger charge is -2.17. The van der Waals surface area contributed by atoms with Crippen molar-refractivity contribution in [3.63, 3.8) is 0 Å². The molecule has 1 aromatic heterocycles. The number of ether oxygens (including phenoxy) is 1. The van der Waals surface area contributed by atoms with Gasteiger partial charge in [-0.25, -0.2) is 18.2 Å². The third-order valence-corrected chi connectivity index (χ3v) is 7.49. The van der Waals surface area contributed by atoms with Crippen molar-refractivity contribution >= 4 is 35.6 Å². The predicted molar refractivity (Wildman–Crippen MR) is 154 cm³/mol. The minimum Gasteiger partial charge on any atom is -0.434 e. The van der Waals surface area contributed by atoms with Gasteiger partial charge >= 0.3 is 0 Å². The number of hydrogen-bond donors (Lipinski definition) is 3. The Kier molecular flexibility index (Phi) is 8.05. The Morgan fingerprint density at radius 1 is 1.21 bits per heavy atom. The zero-order valence-electron chi connectivity index (χ0n) is 22.9. The first-order chi connectivity index (χ1) is 20.1. The monoisotopic (exact) mass is 598 g/mol. The summed E-state index contributed by atoms with van der Waals surface area (Å²) in [5.41, 5.74) is 16.1. The zero-order chi connectivity index (χ0) is 30.1. The van der Waals surface area contributed by atoms with Crippen molar-refractivity contribution < 1.29 is 23.1 Å². The second kappa shape index (κ2) is 11.7. The number of hydrogen-bond acceptors (Lipinski definition) is 8. The molecule has 3 heterocycles. The van der Waals surface area contributed by atoms with Gasteiger partial charge in [-0.1, -0.05) is 12.1 Å². The SMILES string of the molecule is CNC(=O)CCN(C=O)c1cnc(-c2ccc3c(c2)CN(C/C(N)=C(N)/C=C2/Oc4c(F)cc(F)cc4N2Cl)C3)n1C. The van der Waals surface area contributed by atoms with E-state index < -0.39 is 11.6 Å². The number of nitrogens with zero attached hydrogens (tertiary/aromatic N) is 5. The van der Waals surface area contributed by atoms with E-state index in [1.54, 1.807) is 13.2 Å². The van der Waals surface area contributed by atoms with Gasteiger partial charge in [-0.2, -0.15) is 0 Å². The van der Waals surface area contributed by atoms with Crippen molar-refractivity contribution in [3.05, 3.63) is 82.6 Å². The number of nitrogens with two attached hydrogens (primary N) is 2. The summed E-state index contributed by atoms with van der Waals surface area (Å²) in [6, 6.07) is 7.80. The number of aromatic nitrogens is 2. The molecule has 2 aliphatic rings. The summed E-state index contributed by atoms with van der Waals surface area (Å²) >= 11 is 6.20. The number of carbonyl (C=O) groups is 2. The molecule has 2 amide bonds. The van der Waals surface area contributed by atoms with E-state index in [0.29, 0.717) is 49.5 Å². The van der Waals surface area contributed by atoms with Crippen molar-refractivity contribution in [1.82, 2.24) is 19.8 Å². The van der Waals surface area contributed by atoms with Gasteiger partial charge in [0.05, 0.1) is 11.9 Å². The molecule has 5 rings (SSSR count). The molecular formula is C28H29ClF2N8O3. The van der Waals surface area contributed by atoms with Crippen LogP contribution in [-0.2, 0) is 29.7 Å². The highest BCUT2D eigenvalue weighted by molar-refractivity contribution is 6.28. The van der Waals surface area contributed by atoms with E-state index in [2.05, 4.69) is 15.2 Å². The molecule has 0 atom stereocenters. The molecule has 2 aromatic carbocycles. The van der Waals surface area contributed by atoms with Crippen LogP contribution >= 0.6 is 11.8 Å². The van der Waals surface area contributed by atoms with Gasteiger partial charge in [0.2, 0.25) is 18.2 Å². The third-order valence-electron chi connectivity index (χ3n) is 7.14. The number of fused-ring (bicyclic) bond motifs is 2. The maximum Gasteiger partial charge on any atom is 0.221 e. The van der Waals surface area contributed by atoms with E-state index in [1.807, 2.05) is 29.8 Å². The Balaban J connectivity index is 1.27. The zero-order valence-corrected chi connectivity index (χ0v) is 23.7. The fourth-order valence-corrected chi connectivity index (χ4v) is 5.13. The highest BCUT2D eigenvalue weighted by Gasteiger charge is 2.30. The minimum absolute atomic E-state index is 0.00202. The molecule has 0 radical (unpaired) electrons. The molecule has 5 N–H and O–H groups in total. The highest BCUT2D eigenvalue weighted by atomic mass is 35.5. The molecule has 220 valence electrons. The summed E-state index contributed by atoms with van der Waals surface area (Å²) in [4.78, 5) is 31.4. The Hall–Kier alpha value is -4.62. The first-order valence-corrected chi connectivity index (χ1v) is 13.3. The van der Waals surface area contributed by atoms with E-state index in [0.717, 1.165) is 27.2 Å². The number of anilines is 2. The number of benzene rings is 2. The highest BCUT2D eigenvalue weighted by Crippen LogP contribution is 2.43. The van der Waals surface area contributed by atoms with Crippen molar-refractivity contribution in [2.24, 2.45) is 18.5 Å². The van der Waals surface area contributed by atoms with Crippen LogP contribution in [0.5, 0.6) is 5.75 Å². The summed E-state index contributed by atoms with van der Waals surface area (Å²) in [5.74, 6) is -0.774. The topological polar surface area (TPSA) is 135 Å². The van der Waals surface area contributed by atoms with Crippen LogP contribution in [0, 0.1) is 11.6 Å². The summed E-state index contributed by atoms with van der Waals surface area (Å²) in [7, 11) is 3.36. The van der Waals surface area contributed by atoms with Gasteiger partial charge in [0.15, 0.2) is 11.6 Å². The predicted octanol–water partition coefficient (Wildman–Crippen LogP) is 2.80. The number of carbonyl (C=O) groups excluding carboxylic acids is 2. The molecule has 11 nitrogen and oxygen atoms in total. The molecule has 3 aromatic rings. The van der Waals surface area contributed by atoms with Crippen LogP contribution < -0.4 is 30.8 Å². The van der Waals surface area contributed by atoms with Crippen LogP contribution in [0.15, 0.2) is 59.9 Å². The summed E-state index contributed by atoms with van der Waals surface area (Å²) < 4.78 is 35.9. The molecule has 0 saturated carbocycles. The van der Waals surface area contributed by atoms with Crippen LogP contribution in [0.25, 0.3) is 11.4 Å². The lowest BCUT2D eigenvalue weighted by Crippen LogP contribution is -2.29. The van der Waals surface area contributed by atoms with Gasteiger partial charge in [-0.15, -0.1) is 0 Å². The molecule has 0 saturated heterocycles. The molecule has 42 heavy (non-hydrogen) atoms. The Bertz CT molecular complexity index is 1620. The van der Waals surface area contributed by atoms with E-state index >= 15 is 0 Å². The maximum absolute atomic E-state index is 14.1. The van der Waals surface area contributed by atoms with E-state index in [9.17, 15) is 18.4 Å².